The Morgan fingerprint density at radius 1 is 0.627 bits per heavy atom. The third kappa shape index (κ3) is 5.08. The van der Waals surface area contributed by atoms with Crippen LogP contribution in [0.5, 0.6) is 11.5 Å². The molecule has 3 aromatic carbocycles. The van der Waals surface area contributed by atoms with E-state index >= 15 is 0 Å². The average molecular weight is 914 g/mol. The molecule has 0 amide bonds. The molecule has 0 saturated carbocycles. The van der Waals surface area contributed by atoms with E-state index in [2.05, 4.69) is 189 Å². The first-order chi connectivity index (χ1) is 30.0. The standard InChI is InChI=1S/C60H84N2O5/c1-32-37-39(36-29-34(30-66-31-63)27-28-35(36)48(64)65)38-33(2)41-45-43(52(9,10)56(17,18)60(25,26)62(45)58(21,22)54(13,14)50(41,5)6)47(38)67-46(37)42-44-40(32)49(3,4)53(11,12)57(19,20)61(44)59(23,24)55(15,16)51(42,7)8/h27-29,31H,30H2,1-26H3/p+1. The van der Waals surface area contributed by atoms with Gasteiger partial charge in [0.1, 0.15) is 18.1 Å². The molecule has 1 N–H and O–H groups in total. The van der Waals surface area contributed by atoms with Crippen LogP contribution in [0.4, 0.5) is 5.69 Å². The van der Waals surface area contributed by atoms with E-state index in [0.717, 1.165) is 44.5 Å². The van der Waals surface area contributed by atoms with Gasteiger partial charge < -0.3 is 19.5 Å². The van der Waals surface area contributed by atoms with E-state index in [1.165, 1.54) is 33.3 Å². The molecular formula is C60H85N2O5+. The van der Waals surface area contributed by atoms with E-state index in [1.54, 1.807) is 12.1 Å². The minimum atomic E-state index is -1.01. The zero-order valence-electron chi connectivity index (χ0n) is 46.5. The fourth-order valence-corrected chi connectivity index (χ4v) is 15.2. The first kappa shape index (κ1) is 49.3. The van der Waals surface area contributed by atoms with Gasteiger partial charge in [-0.2, -0.15) is 0 Å². The number of aromatic carboxylic acids is 1. The van der Waals surface area contributed by atoms with Gasteiger partial charge in [0.15, 0.2) is 11.1 Å². The number of hydrogen-bond donors (Lipinski definition) is 1. The van der Waals surface area contributed by atoms with Crippen molar-refractivity contribution in [1.82, 2.24) is 4.58 Å². The van der Waals surface area contributed by atoms with Crippen LogP contribution in [-0.2, 0) is 37.8 Å². The van der Waals surface area contributed by atoms with E-state index in [1.807, 2.05) is 6.07 Å². The molecule has 7 heteroatoms. The number of carbonyl (C=O) groups is 2. The zero-order chi connectivity index (χ0) is 50.9. The fraction of sp³-hybridized carbons (Fsp3) is 0.650. The van der Waals surface area contributed by atoms with Gasteiger partial charge >= 0.3 is 5.97 Å². The molecule has 8 rings (SSSR count). The van der Waals surface area contributed by atoms with Crippen LogP contribution in [-0.4, -0.2) is 39.7 Å². The van der Waals surface area contributed by atoms with E-state index in [0.29, 0.717) is 12.0 Å². The topological polar surface area (TPSA) is 79.1 Å². The van der Waals surface area contributed by atoms with Crippen LogP contribution in [0.25, 0.3) is 5.57 Å². The van der Waals surface area contributed by atoms with Gasteiger partial charge in [-0.25, -0.2) is 9.37 Å². The van der Waals surface area contributed by atoms with E-state index in [9.17, 15) is 14.7 Å². The molecule has 0 unspecified atom stereocenters. The Kier molecular flexibility index (Phi) is 9.70. The third-order valence-corrected chi connectivity index (χ3v) is 23.5. The summed E-state index contributed by atoms with van der Waals surface area (Å²) < 4.78 is 16.4. The summed E-state index contributed by atoms with van der Waals surface area (Å²) in [6.45, 7) is 63.5. The molecule has 364 valence electrons. The predicted octanol–water partition coefficient (Wildman–Crippen LogP) is 12.7. The molecule has 5 aliphatic rings. The summed E-state index contributed by atoms with van der Waals surface area (Å²) in [4.78, 5) is 28.4. The molecule has 0 aromatic heterocycles. The molecular weight excluding hydrogens is 829 g/mol. The van der Waals surface area contributed by atoms with Gasteiger partial charge in [0, 0.05) is 99.0 Å². The van der Waals surface area contributed by atoms with E-state index < -0.39 is 16.8 Å². The maximum atomic E-state index is 13.9. The number of hydrogen-bond acceptors (Lipinski definition) is 5. The lowest BCUT2D eigenvalue weighted by atomic mass is 9.45. The Bertz CT molecular complexity index is 2890. The second-order valence-electron chi connectivity index (χ2n) is 27.8. The van der Waals surface area contributed by atoms with Crippen LogP contribution >= 0.6 is 0 Å². The molecule has 5 aliphatic heterocycles. The minimum absolute atomic E-state index is 0.0197. The summed E-state index contributed by atoms with van der Waals surface area (Å²) in [6.07, 6.45) is 0. The molecule has 0 fully saturated rings. The van der Waals surface area contributed by atoms with E-state index in [4.69, 9.17) is 9.47 Å². The molecule has 7 nitrogen and oxygen atoms in total. The van der Waals surface area contributed by atoms with Gasteiger partial charge in [0.25, 0.3) is 6.47 Å². The number of rotatable bonds is 5. The molecule has 0 saturated heterocycles. The van der Waals surface area contributed by atoms with Gasteiger partial charge in [-0.1, -0.05) is 117 Å². The number of nitrogens with zero attached hydrogens (tertiary/aromatic N) is 2. The number of ether oxygens (including phenoxy) is 2. The van der Waals surface area contributed by atoms with Crippen molar-refractivity contribution in [3.05, 3.63) is 84.4 Å². The highest BCUT2D eigenvalue weighted by molar-refractivity contribution is 6.01. The summed E-state index contributed by atoms with van der Waals surface area (Å²) in [5.41, 5.74) is 7.89. The highest BCUT2D eigenvalue weighted by Gasteiger charge is 2.72. The Balaban J connectivity index is 1.81. The van der Waals surface area contributed by atoms with Crippen molar-refractivity contribution < 1.29 is 24.2 Å². The van der Waals surface area contributed by atoms with Crippen molar-refractivity contribution in [3.63, 3.8) is 0 Å². The lowest BCUT2D eigenvalue weighted by Crippen LogP contribution is -2.79. The summed E-state index contributed by atoms with van der Waals surface area (Å²) in [6, 6.07) is 5.46. The maximum Gasteiger partial charge on any atom is 0.336 e. The summed E-state index contributed by atoms with van der Waals surface area (Å²) in [5, 5.41) is 13.6. The number of anilines is 1. The Morgan fingerprint density at radius 2 is 1.09 bits per heavy atom. The van der Waals surface area contributed by atoms with Crippen LogP contribution in [0.1, 0.15) is 227 Å². The molecule has 0 radical (unpaired) electrons. The molecule has 5 heterocycles. The van der Waals surface area contributed by atoms with Crippen molar-refractivity contribution in [1.29, 1.82) is 0 Å². The Hall–Kier alpha value is -4.13. The molecule has 67 heavy (non-hydrogen) atoms. The van der Waals surface area contributed by atoms with Crippen molar-refractivity contribution in [3.8, 4) is 11.5 Å². The first-order valence-corrected chi connectivity index (χ1v) is 25.0. The lowest BCUT2D eigenvalue weighted by molar-refractivity contribution is -0.129. The van der Waals surface area contributed by atoms with Crippen LogP contribution in [0.2, 0.25) is 0 Å². The highest BCUT2D eigenvalue weighted by Crippen LogP contribution is 2.72. The van der Waals surface area contributed by atoms with Crippen molar-refractivity contribution in [2.24, 2.45) is 21.7 Å². The smallest absolute Gasteiger partial charge is 0.336 e. The monoisotopic (exact) mass is 914 g/mol. The highest BCUT2D eigenvalue weighted by atomic mass is 16.5. The first-order valence-electron chi connectivity index (χ1n) is 25.0. The maximum absolute atomic E-state index is 13.9. The molecule has 0 atom stereocenters. The number of carboxylic acids is 1. The van der Waals surface area contributed by atoms with E-state index in [-0.39, 0.29) is 66.8 Å². The second-order valence-corrected chi connectivity index (χ2v) is 27.8. The average Bonchev–Trinajstić information content (AvgIpc) is 3.16. The van der Waals surface area contributed by atoms with Gasteiger partial charge in [-0.05, 0) is 97.7 Å². The molecule has 3 aromatic rings. The summed E-state index contributed by atoms with van der Waals surface area (Å²) >= 11 is 0. The van der Waals surface area contributed by atoms with Crippen molar-refractivity contribution >= 4 is 23.7 Å². The quantitative estimate of drug-likeness (QED) is 0.159. The molecule has 0 spiro atoms. The third-order valence-electron chi connectivity index (χ3n) is 23.5. The number of carbonyl (C=O) groups excluding carboxylic acids is 1. The van der Waals surface area contributed by atoms with Crippen LogP contribution in [0.3, 0.4) is 0 Å². The predicted molar refractivity (Wildman–Crippen MR) is 275 cm³/mol. The van der Waals surface area contributed by atoms with Crippen LogP contribution in [0, 0.1) is 35.5 Å². The minimum Gasteiger partial charge on any atom is -0.478 e. The van der Waals surface area contributed by atoms with Gasteiger partial charge in [-0.15, -0.1) is 0 Å². The lowest BCUT2D eigenvalue weighted by Gasteiger charge is -2.73. The SMILES string of the molecule is Cc1c2c(c3c4c1C(C)(C)C(C)(C)C(C)(C)N4C(C)(C)C(C)(C)C3(C)C)Oc1c3c4c(c(C)c1=C2c1cc(COC=O)ccc1C(=O)O)C(C)(C)C(C)(C)C(C)(C)[N+]=4C(C)(C)C(C)(C)C3(C)C. The van der Waals surface area contributed by atoms with Crippen LogP contribution in [0.15, 0.2) is 18.2 Å². The summed E-state index contributed by atoms with van der Waals surface area (Å²) in [7, 11) is 0. The van der Waals surface area contributed by atoms with Gasteiger partial charge in [-0.3, -0.25) is 4.79 Å². The van der Waals surface area contributed by atoms with Crippen molar-refractivity contribution in [2.75, 3.05) is 4.90 Å². The largest absolute Gasteiger partial charge is 0.478 e. The second kappa shape index (κ2) is 13.2. The van der Waals surface area contributed by atoms with Crippen LogP contribution < -0.4 is 24.8 Å². The Morgan fingerprint density at radius 3 is 1.57 bits per heavy atom. The number of carboxylic acid groups (broad SMARTS) is 1. The zero-order valence-corrected chi connectivity index (χ0v) is 46.5. The van der Waals surface area contributed by atoms with Gasteiger partial charge in [0.2, 0.25) is 5.36 Å². The number of fused-ring (bicyclic) bond motifs is 4. The normalized spacial score (nSPS) is 25.4. The Labute approximate surface area is 403 Å². The molecule has 0 aliphatic carbocycles. The molecule has 0 bridgehead atoms. The van der Waals surface area contributed by atoms with Gasteiger partial charge in [0.05, 0.1) is 11.1 Å². The number of benzene rings is 3. The fourth-order valence-electron chi connectivity index (χ4n) is 15.2. The van der Waals surface area contributed by atoms with Crippen molar-refractivity contribution in [2.45, 2.75) is 230 Å². The summed E-state index contributed by atoms with van der Waals surface area (Å²) in [5.74, 6) is 0.638.